The first-order chi connectivity index (χ1) is 22.0. The Balaban J connectivity index is 2.53. The third kappa shape index (κ3) is 10.7. The molecule has 13 heteroatoms. The first kappa shape index (κ1) is 41.6. The smallest absolute Gasteiger partial charge is 0.187 e. The number of rotatable bonds is 16. The molecule has 2 rings (SSSR count). The van der Waals surface area contributed by atoms with E-state index in [-0.39, 0.29) is 11.7 Å². The van der Waals surface area contributed by atoms with E-state index in [1.165, 1.54) is 0 Å². The van der Waals surface area contributed by atoms with Gasteiger partial charge in [0.15, 0.2) is 18.4 Å². The zero-order valence-electron chi connectivity index (χ0n) is 28.8. The predicted molar refractivity (Wildman–Crippen MR) is 172 cm³/mol. The van der Waals surface area contributed by atoms with E-state index >= 15 is 0 Å². The lowest BCUT2D eigenvalue weighted by Gasteiger charge is -2.42. The highest BCUT2D eigenvalue weighted by molar-refractivity contribution is 5.94. The maximum Gasteiger partial charge on any atom is 0.187 e. The Kier molecular flexibility index (Phi) is 16.8. The van der Waals surface area contributed by atoms with Crippen LogP contribution in [0, 0.1) is 17.8 Å². The van der Waals surface area contributed by atoms with Gasteiger partial charge < -0.3 is 59.8 Å². The van der Waals surface area contributed by atoms with Crippen LogP contribution < -0.4 is 0 Å². The second kappa shape index (κ2) is 19.0. The molecule has 272 valence electrons. The molecule has 0 radical (unpaired) electrons. The molecule has 0 aromatic heterocycles. The van der Waals surface area contributed by atoms with Gasteiger partial charge >= 0.3 is 0 Å². The Morgan fingerprint density at radius 2 is 1.06 bits per heavy atom. The molecule has 0 saturated carbocycles. The van der Waals surface area contributed by atoms with Crippen molar-refractivity contribution in [3.05, 3.63) is 34.9 Å². The fourth-order valence-corrected chi connectivity index (χ4v) is 6.05. The first-order valence-electron chi connectivity index (χ1n) is 16.5. The maximum atomic E-state index is 12.4. The number of ether oxygens (including phenoxy) is 4. The van der Waals surface area contributed by atoms with Crippen LogP contribution in [0.1, 0.15) is 68.2 Å². The summed E-state index contributed by atoms with van der Waals surface area (Å²) in [6.45, 7) is 13.6. The molecule has 0 amide bonds. The van der Waals surface area contributed by atoms with E-state index < -0.39 is 98.7 Å². The first-order valence-corrected chi connectivity index (χ1v) is 16.5. The van der Waals surface area contributed by atoms with Crippen LogP contribution in [0.15, 0.2) is 34.9 Å². The highest BCUT2D eigenvalue weighted by Crippen LogP contribution is 2.32. The molecule has 0 aromatic carbocycles. The molecular formula is C34H58O13. The molecule has 13 nitrogen and oxygen atoms in total. The fraction of sp³-hybridized carbons (Fsp3) is 0.794. The van der Waals surface area contributed by atoms with Crippen molar-refractivity contribution in [2.45, 2.75) is 142 Å². The summed E-state index contributed by atoms with van der Waals surface area (Å²) in [6.07, 6.45) is -9.50. The minimum Gasteiger partial charge on any atom is -0.394 e. The topological polar surface area (TPSA) is 216 Å². The van der Waals surface area contributed by atoms with Crippen molar-refractivity contribution >= 4 is 5.78 Å². The number of Topliss-reactive ketones (excluding diaryl/α,β-unsaturated/α-hetero) is 1. The summed E-state index contributed by atoms with van der Waals surface area (Å²) in [5.41, 5.74) is 1.95. The zero-order valence-corrected chi connectivity index (χ0v) is 28.8. The van der Waals surface area contributed by atoms with Gasteiger partial charge in [-0.1, -0.05) is 59.3 Å². The minimum absolute atomic E-state index is 0.0581. The average Bonchev–Trinajstić information content (AvgIpc) is 3.04. The van der Waals surface area contributed by atoms with Gasteiger partial charge in [-0.15, -0.1) is 0 Å². The molecule has 2 fully saturated rings. The number of ketones is 1. The van der Waals surface area contributed by atoms with Gasteiger partial charge in [-0.25, -0.2) is 0 Å². The minimum atomic E-state index is -1.64. The van der Waals surface area contributed by atoms with Crippen LogP contribution in [0.4, 0.5) is 0 Å². The highest BCUT2D eigenvalue weighted by Gasteiger charge is 2.47. The van der Waals surface area contributed by atoms with Crippen LogP contribution >= 0.6 is 0 Å². The molecule has 2 aliphatic rings. The Bertz CT molecular complexity index is 1070. The van der Waals surface area contributed by atoms with Crippen molar-refractivity contribution in [3.8, 4) is 0 Å². The van der Waals surface area contributed by atoms with Gasteiger partial charge in [-0.3, -0.25) is 4.79 Å². The van der Waals surface area contributed by atoms with Gasteiger partial charge in [-0.05, 0) is 43.4 Å². The van der Waals surface area contributed by atoms with Gasteiger partial charge in [-0.2, -0.15) is 0 Å². The summed E-state index contributed by atoms with van der Waals surface area (Å²) in [5.74, 6) is -0.766. The molecule has 2 heterocycles. The zero-order chi connectivity index (χ0) is 35.7. The molecule has 0 spiro atoms. The second-order valence-corrected chi connectivity index (χ2v) is 13.1. The molecular weight excluding hydrogens is 616 g/mol. The van der Waals surface area contributed by atoms with Gasteiger partial charge in [0, 0.05) is 18.3 Å². The largest absolute Gasteiger partial charge is 0.394 e. The molecule has 2 saturated heterocycles. The van der Waals surface area contributed by atoms with E-state index in [1.54, 1.807) is 26.8 Å². The van der Waals surface area contributed by atoms with E-state index in [2.05, 4.69) is 0 Å². The molecule has 8 N–H and O–H groups in total. The fourth-order valence-electron chi connectivity index (χ4n) is 6.05. The second-order valence-electron chi connectivity index (χ2n) is 13.1. The van der Waals surface area contributed by atoms with Gasteiger partial charge in [0.05, 0.1) is 25.4 Å². The van der Waals surface area contributed by atoms with Gasteiger partial charge in [0.2, 0.25) is 0 Å². The summed E-state index contributed by atoms with van der Waals surface area (Å²) >= 11 is 0. The summed E-state index contributed by atoms with van der Waals surface area (Å²) in [7, 11) is 0. The van der Waals surface area contributed by atoms with Crippen LogP contribution in [-0.2, 0) is 23.7 Å². The number of hydrogen-bond donors (Lipinski definition) is 8. The van der Waals surface area contributed by atoms with Crippen molar-refractivity contribution in [1.29, 1.82) is 0 Å². The van der Waals surface area contributed by atoms with Crippen molar-refractivity contribution in [2.75, 3.05) is 13.2 Å². The lowest BCUT2D eigenvalue weighted by molar-refractivity contribution is -0.311. The van der Waals surface area contributed by atoms with Crippen LogP contribution in [-0.4, -0.2) is 133 Å². The molecule has 0 aliphatic carbocycles. The summed E-state index contributed by atoms with van der Waals surface area (Å²) in [5, 5.41) is 82.1. The summed E-state index contributed by atoms with van der Waals surface area (Å²) < 4.78 is 23.8. The molecule has 15 atom stereocenters. The Morgan fingerprint density at radius 3 is 1.45 bits per heavy atom. The van der Waals surface area contributed by atoms with Crippen molar-refractivity contribution in [1.82, 2.24) is 0 Å². The van der Waals surface area contributed by atoms with E-state index in [4.69, 9.17) is 18.9 Å². The number of allylic oxidation sites excluding steroid dienone is 2. The van der Waals surface area contributed by atoms with E-state index in [0.717, 1.165) is 12.0 Å². The highest BCUT2D eigenvalue weighted by atomic mass is 16.7. The number of carbonyl (C=O) groups is 1. The van der Waals surface area contributed by atoms with E-state index in [0.29, 0.717) is 17.6 Å². The molecule has 0 bridgehead atoms. The molecule has 0 unspecified atom stereocenters. The van der Waals surface area contributed by atoms with Gasteiger partial charge in [0.1, 0.15) is 48.8 Å². The van der Waals surface area contributed by atoms with E-state index in [9.17, 15) is 45.6 Å². The molecule has 47 heavy (non-hydrogen) atoms. The van der Waals surface area contributed by atoms with E-state index in [1.807, 2.05) is 46.8 Å². The van der Waals surface area contributed by atoms with Crippen LogP contribution in [0.25, 0.3) is 0 Å². The number of carbonyl (C=O) groups excluding carboxylic acids is 1. The van der Waals surface area contributed by atoms with Crippen LogP contribution in [0.2, 0.25) is 0 Å². The Morgan fingerprint density at radius 1 is 0.660 bits per heavy atom. The third-order valence-corrected chi connectivity index (χ3v) is 9.10. The predicted octanol–water partition coefficient (Wildman–Crippen LogP) is 0.493. The molecule has 2 aliphatic heterocycles. The standard InChI is InChI=1S/C34H58O13/c1-9-16(3)11-18(5)31(46-33-29(42)27(40)25(38)23(14-35)44-33)20(7)13-21(8)32(19(6)12-17(4)22(37)10-2)47-34-30(43)28(41)26(39)24(15-36)45-34/h11-13,16,19-20,23-36,38-43H,9-10,14-15H2,1-8H3/b17-12+,18-11+,21-13+/t16-,19+,20-,23+,24-,25-,26-,27+,28+,29-,30+,31+,32-,33+,34+/m1/s1. The van der Waals surface area contributed by atoms with Crippen molar-refractivity contribution < 1.29 is 64.6 Å². The normalized spacial score (nSPS) is 36.0. The molecule has 0 aromatic rings. The van der Waals surface area contributed by atoms with Crippen LogP contribution in [0.3, 0.4) is 0 Å². The maximum absolute atomic E-state index is 12.4. The Hall–Kier alpha value is -1.59. The summed E-state index contributed by atoms with van der Waals surface area (Å²) in [6, 6.07) is 0. The number of hydrogen-bond acceptors (Lipinski definition) is 13. The monoisotopic (exact) mass is 674 g/mol. The lowest BCUT2D eigenvalue weighted by Crippen LogP contribution is -2.60. The quantitative estimate of drug-likeness (QED) is 0.0828. The number of aliphatic hydroxyl groups is 8. The Labute approximate surface area is 278 Å². The van der Waals surface area contributed by atoms with Crippen LogP contribution in [0.5, 0.6) is 0 Å². The third-order valence-electron chi connectivity index (χ3n) is 9.10. The van der Waals surface area contributed by atoms with Crippen molar-refractivity contribution in [2.24, 2.45) is 17.8 Å². The average molecular weight is 675 g/mol. The SMILES string of the molecule is CCC(=O)/C(C)=C/[C@H](C)[C@@H](O[C@@H]1O[C@H](CO)[C@@H](O)[C@H](O)[C@@H]1O)/C(C)=C/[C@@H](C)[C@@H](O[C@@H]1O[C@@H](CO)[C@@H](O)[C@H](O)[C@H]1O)/C(C)=C/[C@H](C)CC. The lowest BCUT2D eigenvalue weighted by atomic mass is 9.89. The summed E-state index contributed by atoms with van der Waals surface area (Å²) in [4.78, 5) is 12.4. The van der Waals surface area contributed by atoms with Crippen molar-refractivity contribution in [3.63, 3.8) is 0 Å². The van der Waals surface area contributed by atoms with Gasteiger partial charge in [0.25, 0.3) is 0 Å². The number of aliphatic hydroxyl groups excluding tert-OH is 8.